The van der Waals surface area contributed by atoms with Gasteiger partial charge in [-0.1, -0.05) is 6.42 Å². The molecule has 0 N–H and O–H groups in total. The molecule has 0 radical (unpaired) electrons. The zero-order valence-corrected chi connectivity index (χ0v) is 9.22. The lowest BCUT2D eigenvalue weighted by molar-refractivity contribution is 0.539. The number of rotatable bonds is 5. The molecule has 0 atom stereocenters. The fourth-order valence-electron chi connectivity index (χ4n) is 1.32. The molecule has 1 aromatic heterocycles. The summed E-state index contributed by atoms with van der Waals surface area (Å²) in [7, 11) is 0. The zero-order chi connectivity index (χ0) is 9.68. The highest BCUT2D eigenvalue weighted by molar-refractivity contribution is 7.80. The summed E-state index contributed by atoms with van der Waals surface area (Å²) < 4.78 is 1.98. The monoisotopic (exact) mass is 199 g/mol. The van der Waals surface area contributed by atoms with E-state index >= 15 is 0 Å². The molecule has 0 saturated heterocycles. The summed E-state index contributed by atoms with van der Waals surface area (Å²) in [5.74, 6) is 2.87. The third-order valence-corrected chi connectivity index (χ3v) is 2.31. The number of nitrogens with zero attached hydrogens (tertiary/aromatic N) is 3. The van der Waals surface area contributed by atoms with Gasteiger partial charge in [0, 0.05) is 6.54 Å². The second-order valence-electron chi connectivity index (χ2n) is 3.21. The second-order valence-corrected chi connectivity index (χ2v) is 3.66. The van der Waals surface area contributed by atoms with Crippen LogP contribution in [0.15, 0.2) is 0 Å². The van der Waals surface area contributed by atoms with Crippen molar-refractivity contribution in [2.75, 3.05) is 5.75 Å². The molecular weight excluding hydrogens is 182 g/mol. The predicted molar refractivity (Wildman–Crippen MR) is 57.2 cm³/mol. The molecule has 0 aromatic carbocycles. The van der Waals surface area contributed by atoms with Crippen molar-refractivity contribution in [3.05, 3.63) is 11.6 Å². The average Bonchev–Trinajstić information content (AvgIpc) is 2.39. The van der Waals surface area contributed by atoms with E-state index in [0.29, 0.717) is 0 Å². The van der Waals surface area contributed by atoms with Gasteiger partial charge in [0.15, 0.2) is 0 Å². The van der Waals surface area contributed by atoms with E-state index in [1.54, 1.807) is 0 Å². The highest BCUT2D eigenvalue weighted by atomic mass is 32.1. The van der Waals surface area contributed by atoms with Gasteiger partial charge in [0.25, 0.3) is 0 Å². The van der Waals surface area contributed by atoms with Gasteiger partial charge >= 0.3 is 0 Å². The minimum atomic E-state index is 0.867. The molecule has 1 heterocycles. The fourth-order valence-corrected chi connectivity index (χ4v) is 1.55. The van der Waals surface area contributed by atoms with Gasteiger partial charge in [-0.05, 0) is 32.4 Å². The standard InChI is InChI=1S/C9H17N3S/c1-8-10-9(2)12(11-8)6-4-3-5-7-13/h13H,3-7H2,1-2H3. The van der Waals surface area contributed by atoms with E-state index < -0.39 is 0 Å². The van der Waals surface area contributed by atoms with E-state index in [0.717, 1.165) is 23.9 Å². The van der Waals surface area contributed by atoms with Crippen LogP contribution in [-0.4, -0.2) is 20.5 Å². The Morgan fingerprint density at radius 2 is 2.00 bits per heavy atom. The Hall–Kier alpha value is -0.510. The van der Waals surface area contributed by atoms with Crippen LogP contribution in [-0.2, 0) is 6.54 Å². The highest BCUT2D eigenvalue weighted by Gasteiger charge is 2.00. The molecule has 0 saturated carbocycles. The first-order valence-electron chi connectivity index (χ1n) is 4.73. The van der Waals surface area contributed by atoms with Crippen molar-refractivity contribution in [2.24, 2.45) is 0 Å². The molecule has 4 heteroatoms. The molecule has 1 rings (SSSR count). The van der Waals surface area contributed by atoms with Crippen LogP contribution in [0.25, 0.3) is 0 Å². The average molecular weight is 199 g/mol. The van der Waals surface area contributed by atoms with Gasteiger partial charge in [-0.25, -0.2) is 4.98 Å². The molecule has 0 spiro atoms. The molecule has 0 amide bonds. The van der Waals surface area contributed by atoms with Crippen molar-refractivity contribution in [3.8, 4) is 0 Å². The Morgan fingerprint density at radius 3 is 2.54 bits per heavy atom. The summed E-state index contributed by atoms with van der Waals surface area (Å²) in [6.07, 6.45) is 3.59. The Labute approximate surface area is 85.0 Å². The number of hydrogen-bond acceptors (Lipinski definition) is 3. The van der Waals surface area contributed by atoms with E-state index in [-0.39, 0.29) is 0 Å². The number of aromatic nitrogens is 3. The molecule has 0 aliphatic heterocycles. The molecule has 0 fully saturated rings. The number of hydrogen-bond donors (Lipinski definition) is 1. The number of thiol groups is 1. The Morgan fingerprint density at radius 1 is 1.23 bits per heavy atom. The van der Waals surface area contributed by atoms with Gasteiger partial charge in [-0.15, -0.1) is 0 Å². The summed E-state index contributed by atoms with van der Waals surface area (Å²) in [6, 6.07) is 0. The van der Waals surface area contributed by atoms with Crippen LogP contribution in [0, 0.1) is 13.8 Å². The van der Waals surface area contributed by atoms with Crippen LogP contribution < -0.4 is 0 Å². The first-order chi connectivity index (χ1) is 6.24. The molecule has 1 aromatic rings. The maximum Gasteiger partial charge on any atom is 0.147 e. The van der Waals surface area contributed by atoms with Gasteiger partial charge in [0.2, 0.25) is 0 Å². The first-order valence-corrected chi connectivity index (χ1v) is 5.36. The first kappa shape index (κ1) is 10.6. The van der Waals surface area contributed by atoms with Crippen molar-refractivity contribution < 1.29 is 0 Å². The highest BCUT2D eigenvalue weighted by Crippen LogP contribution is 2.02. The third-order valence-electron chi connectivity index (χ3n) is 1.99. The SMILES string of the molecule is Cc1nc(C)n(CCCCCS)n1. The minimum Gasteiger partial charge on any atom is -0.250 e. The molecule has 0 aliphatic carbocycles. The zero-order valence-electron chi connectivity index (χ0n) is 8.32. The predicted octanol–water partition coefficient (Wildman–Crippen LogP) is 2.00. The van der Waals surface area contributed by atoms with Crippen molar-refractivity contribution in [2.45, 2.75) is 39.7 Å². The van der Waals surface area contributed by atoms with E-state index in [4.69, 9.17) is 0 Å². The van der Waals surface area contributed by atoms with E-state index in [1.807, 2.05) is 18.5 Å². The molecule has 13 heavy (non-hydrogen) atoms. The molecule has 0 unspecified atom stereocenters. The largest absolute Gasteiger partial charge is 0.250 e. The number of unbranched alkanes of at least 4 members (excludes halogenated alkanes) is 2. The van der Waals surface area contributed by atoms with E-state index in [1.165, 1.54) is 19.3 Å². The van der Waals surface area contributed by atoms with Crippen LogP contribution in [0.3, 0.4) is 0 Å². The second kappa shape index (κ2) is 5.27. The summed E-state index contributed by atoms with van der Waals surface area (Å²) in [6.45, 7) is 4.91. The van der Waals surface area contributed by atoms with Crippen molar-refractivity contribution in [3.63, 3.8) is 0 Å². The summed E-state index contributed by atoms with van der Waals surface area (Å²) in [5.41, 5.74) is 0. The fraction of sp³-hybridized carbons (Fsp3) is 0.778. The molecular formula is C9H17N3S. The normalized spacial score (nSPS) is 10.7. The van der Waals surface area contributed by atoms with Crippen LogP contribution in [0.2, 0.25) is 0 Å². The van der Waals surface area contributed by atoms with Gasteiger partial charge in [0.05, 0.1) is 0 Å². The van der Waals surface area contributed by atoms with Gasteiger partial charge in [-0.3, -0.25) is 4.68 Å². The molecule has 0 aliphatic rings. The van der Waals surface area contributed by atoms with E-state index in [9.17, 15) is 0 Å². The van der Waals surface area contributed by atoms with Gasteiger partial charge in [-0.2, -0.15) is 17.7 Å². The number of aryl methyl sites for hydroxylation is 3. The Bertz CT molecular complexity index is 257. The quantitative estimate of drug-likeness (QED) is 0.581. The maximum atomic E-state index is 4.29. The summed E-state index contributed by atoms with van der Waals surface area (Å²) in [5, 5.41) is 4.29. The van der Waals surface area contributed by atoms with Crippen LogP contribution in [0.1, 0.15) is 30.9 Å². The van der Waals surface area contributed by atoms with Crippen LogP contribution in [0.4, 0.5) is 0 Å². The lowest BCUT2D eigenvalue weighted by Gasteiger charge is -2.01. The van der Waals surface area contributed by atoms with Crippen molar-refractivity contribution in [1.82, 2.24) is 14.8 Å². The topological polar surface area (TPSA) is 30.7 Å². The minimum absolute atomic E-state index is 0.867. The maximum absolute atomic E-state index is 4.29. The van der Waals surface area contributed by atoms with Gasteiger partial charge in [0.1, 0.15) is 11.6 Å². The van der Waals surface area contributed by atoms with Crippen molar-refractivity contribution >= 4 is 12.6 Å². The lowest BCUT2D eigenvalue weighted by Crippen LogP contribution is -2.02. The summed E-state index contributed by atoms with van der Waals surface area (Å²) >= 11 is 4.17. The van der Waals surface area contributed by atoms with Crippen LogP contribution >= 0.6 is 12.6 Å². The van der Waals surface area contributed by atoms with Crippen LogP contribution in [0.5, 0.6) is 0 Å². The molecule has 0 bridgehead atoms. The third kappa shape index (κ3) is 3.38. The lowest BCUT2D eigenvalue weighted by atomic mass is 10.2. The molecule has 3 nitrogen and oxygen atoms in total. The molecule has 74 valence electrons. The van der Waals surface area contributed by atoms with Gasteiger partial charge < -0.3 is 0 Å². The van der Waals surface area contributed by atoms with E-state index in [2.05, 4.69) is 22.7 Å². The Balaban J connectivity index is 2.32. The van der Waals surface area contributed by atoms with Crippen molar-refractivity contribution in [1.29, 1.82) is 0 Å². The smallest absolute Gasteiger partial charge is 0.147 e. The Kier molecular flexibility index (Phi) is 4.28. The summed E-state index contributed by atoms with van der Waals surface area (Å²) in [4.78, 5) is 4.25.